The number of benzene rings is 6. The molecule has 7 heterocycles. The van der Waals surface area contributed by atoms with Gasteiger partial charge in [-0.15, -0.1) is 0 Å². The highest BCUT2D eigenvalue weighted by molar-refractivity contribution is 6.31. The van der Waals surface area contributed by atoms with Gasteiger partial charge in [-0.05, 0) is 84.0 Å². The van der Waals surface area contributed by atoms with Crippen LogP contribution in [0.15, 0.2) is 197 Å². The van der Waals surface area contributed by atoms with Crippen molar-refractivity contribution < 1.29 is 38.6 Å². The van der Waals surface area contributed by atoms with E-state index in [-0.39, 0.29) is 31.5 Å². The van der Waals surface area contributed by atoms with Crippen LogP contribution in [0.25, 0.3) is 43.6 Å². The second-order valence-corrected chi connectivity index (χ2v) is 22.4. The Balaban J connectivity index is 0.000000143. The molecule has 3 aliphatic rings. The van der Waals surface area contributed by atoms with Gasteiger partial charge in [0.25, 0.3) is 0 Å². The lowest BCUT2D eigenvalue weighted by molar-refractivity contribution is 0.0453. The quantitative estimate of drug-likeness (QED) is 0.0374. The fourth-order valence-electron chi connectivity index (χ4n) is 10.7. The first-order valence-electron chi connectivity index (χ1n) is 29.7. The van der Waals surface area contributed by atoms with Gasteiger partial charge in [0.15, 0.2) is 34.5 Å². The predicted octanol–water partition coefficient (Wildman–Crippen LogP) is 12.0. The van der Waals surface area contributed by atoms with Crippen molar-refractivity contribution in [3.63, 3.8) is 0 Å². The summed E-state index contributed by atoms with van der Waals surface area (Å²) in [6, 6.07) is 30.2. The molecular formula is C70H71ClN14O8. The van der Waals surface area contributed by atoms with Crippen molar-refractivity contribution in [1.29, 1.82) is 0 Å². The number of allylic oxidation sites excluding steroid dienone is 3. The molecule has 3 fully saturated rings. The number of likely N-dealkylation sites (tertiary alicyclic amines) is 3. The zero-order chi connectivity index (χ0) is 65.3. The van der Waals surface area contributed by atoms with Crippen molar-refractivity contribution in [2.24, 2.45) is 7.05 Å². The highest BCUT2D eigenvalue weighted by Gasteiger charge is 2.32. The van der Waals surface area contributed by atoms with Crippen molar-refractivity contribution in [1.82, 2.24) is 54.4 Å². The number of hydrogen-bond donors (Lipinski definition) is 5. The fraction of sp³-hybridized carbons (Fsp3) is 0.214. The van der Waals surface area contributed by atoms with E-state index in [2.05, 4.69) is 105 Å². The number of aliphatic hydroxyl groups excluding tert-OH is 2. The molecule has 23 heteroatoms. The second kappa shape index (κ2) is 28.5. The molecule has 10 aromatic rings. The number of para-hydroxylation sites is 1. The van der Waals surface area contributed by atoms with Gasteiger partial charge in [-0.2, -0.15) is 5.10 Å². The predicted molar refractivity (Wildman–Crippen MR) is 365 cm³/mol. The largest absolute Gasteiger partial charge is 0.493 e. The van der Waals surface area contributed by atoms with Crippen molar-refractivity contribution in [2.45, 2.75) is 31.5 Å². The van der Waals surface area contributed by atoms with Crippen molar-refractivity contribution in [3.8, 4) is 34.5 Å². The smallest absolute Gasteiger partial charge is 0.162 e. The normalized spacial score (nSPS) is 13.6. The van der Waals surface area contributed by atoms with E-state index in [0.29, 0.717) is 68.1 Å². The molecule has 0 unspecified atom stereocenters. The lowest BCUT2D eigenvalue weighted by atomic mass is 10.1. The van der Waals surface area contributed by atoms with Gasteiger partial charge in [-0.25, -0.2) is 29.9 Å². The number of fused-ring (bicyclic) bond motifs is 4. The Hall–Kier alpha value is -10.9. The molecule has 0 aliphatic carbocycles. The molecule has 0 bridgehead atoms. The number of hydrogen-bond acceptors (Lipinski definition) is 21. The molecule has 476 valence electrons. The average Bonchev–Trinajstić information content (AvgIpc) is 1.32. The van der Waals surface area contributed by atoms with Crippen LogP contribution in [0.2, 0.25) is 5.02 Å². The molecule has 0 spiro atoms. The fourth-order valence-corrected chi connectivity index (χ4v) is 10.8. The van der Waals surface area contributed by atoms with Gasteiger partial charge in [0.2, 0.25) is 0 Å². The third-order valence-electron chi connectivity index (χ3n) is 16.0. The molecule has 4 aromatic heterocycles. The number of nitrogens with one attached hydrogen (secondary N) is 3. The summed E-state index contributed by atoms with van der Waals surface area (Å²) in [5, 5.41) is 37.3. The van der Waals surface area contributed by atoms with E-state index in [4.69, 9.17) is 40.0 Å². The van der Waals surface area contributed by atoms with Crippen LogP contribution in [0.4, 0.5) is 34.5 Å². The number of anilines is 6. The van der Waals surface area contributed by atoms with Crippen molar-refractivity contribution in [2.75, 3.05) is 76.5 Å². The van der Waals surface area contributed by atoms with Gasteiger partial charge < -0.3 is 69.3 Å². The van der Waals surface area contributed by atoms with Gasteiger partial charge in [-0.3, -0.25) is 4.68 Å². The number of methoxy groups -OCH3 is 3. The summed E-state index contributed by atoms with van der Waals surface area (Å²) in [5.74, 6) is 5.72. The maximum atomic E-state index is 9.47. The van der Waals surface area contributed by atoms with Crippen LogP contribution < -0.4 is 44.4 Å². The standard InChI is InChI=1S/C24H24N6O2.C23H23ClN4O3.C23H24N4O3/c1-5-15(2)30-12-17(13-30)32-22-9-18-20(10-21(22)31-4)25-14-26-24(18)28-19-8-6-7-16-11-27-29(3)23(16)19;1-4-14(2)28-10-17(11-28)31-22-8-18-20(9-21(22)30-3)25-13-26-23(18)27-16-5-6-19(24)15(7-16)12-29;1-4-15(2)27-11-18(12-27)30-22-9-19-20(10-21(22)29-3)24-14-25-23(19)26-17-7-5-6-16(8-17)13-28/h5-11,14,17H,1-2,12-13H2,3-4H3,(H,25,26,28);4-9,13,17,29H,1-2,10-12H2,3H3,(H,25,26,27);4-10,14,18,28H,1-2,11-13H2,3H3,(H,24,25,26). The van der Waals surface area contributed by atoms with E-state index in [9.17, 15) is 10.2 Å². The molecule has 0 amide bonds. The maximum Gasteiger partial charge on any atom is 0.162 e. The monoisotopic (exact) mass is 1270 g/mol. The number of ether oxygens (including phenoxy) is 6. The summed E-state index contributed by atoms with van der Waals surface area (Å²) in [6.45, 7) is 27.5. The minimum atomic E-state index is -0.148. The van der Waals surface area contributed by atoms with Crippen LogP contribution in [0, 0.1) is 0 Å². The minimum Gasteiger partial charge on any atom is -0.493 e. The lowest BCUT2D eigenvalue weighted by Crippen LogP contribution is -2.52. The summed E-state index contributed by atoms with van der Waals surface area (Å²) >= 11 is 6.10. The van der Waals surface area contributed by atoms with Gasteiger partial charge in [0, 0.05) is 80.3 Å². The first-order valence-corrected chi connectivity index (χ1v) is 30.1. The lowest BCUT2D eigenvalue weighted by Gasteiger charge is -2.41. The Kier molecular flexibility index (Phi) is 19.5. The van der Waals surface area contributed by atoms with Crippen LogP contribution >= 0.6 is 11.6 Å². The van der Waals surface area contributed by atoms with Gasteiger partial charge in [0.05, 0.1) is 108 Å². The average molecular weight is 1270 g/mol. The van der Waals surface area contributed by atoms with Crippen LogP contribution in [0.3, 0.4) is 0 Å². The van der Waals surface area contributed by atoms with Crippen LogP contribution in [-0.2, 0) is 20.3 Å². The van der Waals surface area contributed by atoms with E-state index in [0.717, 1.165) is 117 Å². The van der Waals surface area contributed by atoms with Crippen molar-refractivity contribution >= 4 is 89.7 Å². The number of aromatic nitrogens is 8. The maximum absolute atomic E-state index is 9.47. The molecule has 3 saturated heterocycles. The summed E-state index contributed by atoms with van der Waals surface area (Å²) < 4.78 is 37.1. The molecule has 93 heavy (non-hydrogen) atoms. The zero-order valence-electron chi connectivity index (χ0n) is 52.1. The molecule has 0 saturated carbocycles. The van der Waals surface area contributed by atoms with Crippen LogP contribution in [-0.4, -0.2) is 144 Å². The van der Waals surface area contributed by atoms with E-state index in [1.54, 1.807) is 58.0 Å². The van der Waals surface area contributed by atoms with Crippen LogP contribution in [0.1, 0.15) is 11.1 Å². The van der Waals surface area contributed by atoms with E-state index in [1.165, 1.54) is 12.7 Å². The summed E-state index contributed by atoms with van der Waals surface area (Å²) in [7, 11) is 6.77. The zero-order valence-corrected chi connectivity index (χ0v) is 52.8. The van der Waals surface area contributed by atoms with Gasteiger partial charge >= 0.3 is 0 Å². The third-order valence-corrected chi connectivity index (χ3v) is 16.3. The Bertz CT molecular complexity index is 4470. The Morgan fingerprint density at radius 2 is 0.957 bits per heavy atom. The van der Waals surface area contributed by atoms with Crippen LogP contribution in [0.5, 0.6) is 34.5 Å². The SMILES string of the molecule is C=CC(=C)N1CC(Oc2cc3c(Nc4ccc(Cl)c(CO)c4)ncnc3cc2OC)C1.C=CC(=C)N1CC(Oc2cc3c(Nc4cccc(CO)c4)ncnc3cc2OC)C1.C=CC(=C)N1CC(Oc2cc3c(Nc4cccc5cnn(C)c45)ncnc3cc2OC)C1. The Morgan fingerprint density at radius 3 is 1.38 bits per heavy atom. The number of aliphatic hydroxyl groups is 2. The first-order chi connectivity index (χ1) is 45.2. The molecule has 0 radical (unpaired) electrons. The van der Waals surface area contributed by atoms with Gasteiger partial charge in [0.1, 0.15) is 54.7 Å². The molecule has 6 aromatic carbocycles. The van der Waals surface area contributed by atoms with E-state index < -0.39 is 0 Å². The molecule has 0 atom stereocenters. The number of halogens is 1. The number of aryl methyl sites for hydroxylation is 1. The van der Waals surface area contributed by atoms with E-state index >= 15 is 0 Å². The molecule has 3 aliphatic heterocycles. The third kappa shape index (κ3) is 14.2. The Morgan fingerprint density at radius 1 is 0.527 bits per heavy atom. The first kappa shape index (κ1) is 63.6. The Labute approximate surface area is 543 Å². The summed E-state index contributed by atoms with van der Waals surface area (Å²) in [5.41, 5.74) is 9.85. The molecule has 5 N–H and O–H groups in total. The molecular weight excluding hydrogens is 1200 g/mol. The van der Waals surface area contributed by atoms with Crippen molar-refractivity contribution in [3.05, 3.63) is 213 Å². The van der Waals surface area contributed by atoms with E-state index in [1.807, 2.05) is 103 Å². The van der Waals surface area contributed by atoms with Gasteiger partial charge in [-0.1, -0.05) is 75.3 Å². The second-order valence-electron chi connectivity index (χ2n) is 22.0. The molecule has 22 nitrogen and oxygen atoms in total. The summed E-state index contributed by atoms with van der Waals surface area (Å²) in [6.07, 6.45) is 11.7. The molecule has 13 rings (SSSR count). The highest BCUT2D eigenvalue weighted by atomic mass is 35.5. The highest BCUT2D eigenvalue weighted by Crippen LogP contribution is 2.41. The number of nitrogens with zero attached hydrogens (tertiary/aromatic N) is 11. The topological polar surface area (TPSA) is 237 Å². The summed E-state index contributed by atoms with van der Waals surface area (Å²) in [4.78, 5) is 32.8. The number of rotatable bonds is 23. The minimum absolute atomic E-state index is 0.0208.